The van der Waals surface area contributed by atoms with Crippen LogP contribution in [0.2, 0.25) is 0 Å². The Kier molecular flexibility index (Phi) is 1.81. The molecule has 3 rings (SSSR count). The minimum absolute atomic E-state index is 0.104. The van der Waals surface area contributed by atoms with Gasteiger partial charge in [-0.3, -0.25) is 0 Å². The third-order valence-electron chi connectivity index (χ3n) is 2.72. The van der Waals surface area contributed by atoms with Crippen molar-refractivity contribution in [1.29, 1.82) is 0 Å². The number of hydrogen-bond acceptors (Lipinski definition) is 2. The summed E-state index contributed by atoms with van der Waals surface area (Å²) in [4.78, 5) is 10.3. The van der Waals surface area contributed by atoms with E-state index in [1.807, 2.05) is 0 Å². The molecule has 12 heavy (non-hydrogen) atoms. The molecular weight excluding hydrogens is 152 g/mol. The Balaban J connectivity index is 2.22. The van der Waals surface area contributed by atoms with E-state index in [1.165, 1.54) is 11.1 Å². The van der Waals surface area contributed by atoms with Gasteiger partial charge in [0, 0.05) is 5.92 Å². The highest BCUT2D eigenvalue weighted by atomic mass is 17.2. The maximum absolute atomic E-state index is 5.18. The van der Waals surface area contributed by atoms with E-state index in [9.17, 15) is 0 Å². The Morgan fingerprint density at radius 3 is 2.75 bits per heavy atom. The van der Waals surface area contributed by atoms with Crippen LogP contribution in [0.15, 0.2) is 23.8 Å². The van der Waals surface area contributed by atoms with Gasteiger partial charge in [-0.1, -0.05) is 18.2 Å². The lowest BCUT2D eigenvalue weighted by Gasteiger charge is -2.39. The maximum Gasteiger partial charge on any atom is 0.118 e. The summed E-state index contributed by atoms with van der Waals surface area (Å²) in [7, 11) is 0. The highest BCUT2D eigenvalue weighted by molar-refractivity contribution is 5.20. The summed E-state index contributed by atoms with van der Waals surface area (Å²) in [5.41, 5.74) is 2.49. The molecule has 0 aromatic carbocycles. The Morgan fingerprint density at radius 2 is 2.33 bits per heavy atom. The molecule has 2 heteroatoms. The molecule has 0 N–H and O–H groups in total. The molecule has 0 spiro atoms. The minimum Gasteiger partial charge on any atom is -0.228 e. The third kappa shape index (κ3) is 1.11. The quantitative estimate of drug-likeness (QED) is 0.439. The third-order valence-corrected chi connectivity index (χ3v) is 2.72. The van der Waals surface area contributed by atoms with Crippen LogP contribution in [-0.4, -0.2) is 12.2 Å². The molecule has 66 valence electrons. The molecule has 2 heterocycles. The van der Waals surface area contributed by atoms with Gasteiger partial charge in [0.15, 0.2) is 0 Å². The lowest BCUT2D eigenvalue weighted by molar-refractivity contribution is -0.373. The molecule has 0 saturated carbocycles. The van der Waals surface area contributed by atoms with Gasteiger partial charge < -0.3 is 0 Å². The molecule has 2 nitrogen and oxygen atoms in total. The molecular formula is C10H14O2. The van der Waals surface area contributed by atoms with Gasteiger partial charge in [0.05, 0.1) is 0 Å². The van der Waals surface area contributed by atoms with Gasteiger partial charge in [0.2, 0.25) is 0 Å². The van der Waals surface area contributed by atoms with E-state index in [4.69, 9.17) is 9.78 Å². The van der Waals surface area contributed by atoms with Gasteiger partial charge in [-0.2, -0.15) is 0 Å². The highest BCUT2D eigenvalue weighted by Crippen LogP contribution is 2.37. The van der Waals surface area contributed by atoms with Crippen molar-refractivity contribution in [2.45, 2.75) is 32.5 Å². The standard InChI is InChI=1S/C10H14O2/c1-6(2)8-5-9-7(3)4-10(8)12-11-9/h4,8-10H,1,5H2,2-3H3/t8-,9-,10-/m1/s1. The van der Waals surface area contributed by atoms with Crippen molar-refractivity contribution in [2.24, 2.45) is 5.92 Å². The molecule has 0 aromatic rings. The molecule has 2 aliphatic heterocycles. The first kappa shape index (κ1) is 8.02. The van der Waals surface area contributed by atoms with Crippen LogP contribution in [-0.2, 0) is 9.78 Å². The van der Waals surface area contributed by atoms with Gasteiger partial charge >= 0.3 is 0 Å². The van der Waals surface area contributed by atoms with Gasteiger partial charge in [-0.05, 0) is 25.8 Å². The molecule has 3 aliphatic rings. The topological polar surface area (TPSA) is 18.5 Å². The largest absolute Gasteiger partial charge is 0.228 e. The van der Waals surface area contributed by atoms with E-state index in [-0.39, 0.29) is 12.2 Å². The molecule has 1 saturated heterocycles. The molecule has 1 aliphatic carbocycles. The lowest BCUT2D eigenvalue weighted by Crippen LogP contribution is -2.40. The summed E-state index contributed by atoms with van der Waals surface area (Å²) in [5, 5.41) is 0. The van der Waals surface area contributed by atoms with Crippen LogP contribution < -0.4 is 0 Å². The summed E-state index contributed by atoms with van der Waals surface area (Å²) >= 11 is 0. The van der Waals surface area contributed by atoms with Gasteiger partial charge in [0.1, 0.15) is 12.2 Å². The van der Waals surface area contributed by atoms with Crippen LogP contribution in [0.3, 0.4) is 0 Å². The highest BCUT2D eigenvalue weighted by Gasteiger charge is 2.37. The molecule has 3 atom stereocenters. The fourth-order valence-electron chi connectivity index (χ4n) is 1.86. The average Bonchev–Trinajstić information content (AvgIpc) is 2.04. The Bertz CT molecular complexity index is 242. The minimum atomic E-state index is 0.104. The summed E-state index contributed by atoms with van der Waals surface area (Å²) in [6.07, 6.45) is 3.45. The predicted octanol–water partition coefficient (Wildman–Crippen LogP) is 2.23. The zero-order valence-electron chi connectivity index (χ0n) is 7.54. The molecule has 1 fully saturated rings. The van der Waals surface area contributed by atoms with E-state index >= 15 is 0 Å². The van der Waals surface area contributed by atoms with Crippen molar-refractivity contribution in [1.82, 2.24) is 0 Å². The van der Waals surface area contributed by atoms with E-state index in [1.54, 1.807) is 0 Å². The van der Waals surface area contributed by atoms with E-state index in [0.717, 1.165) is 6.42 Å². The number of rotatable bonds is 1. The summed E-state index contributed by atoms with van der Waals surface area (Å²) in [6, 6.07) is 0. The van der Waals surface area contributed by atoms with Crippen LogP contribution in [0.4, 0.5) is 0 Å². The van der Waals surface area contributed by atoms with Crippen molar-refractivity contribution in [3.05, 3.63) is 23.8 Å². The smallest absolute Gasteiger partial charge is 0.118 e. The Hall–Kier alpha value is -0.600. The normalized spacial score (nSPS) is 39.5. The fraction of sp³-hybridized carbons (Fsp3) is 0.600. The van der Waals surface area contributed by atoms with Crippen LogP contribution in [0.25, 0.3) is 0 Å². The summed E-state index contributed by atoms with van der Waals surface area (Å²) in [5.74, 6) is 0.451. The van der Waals surface area contributed by atoms with Crippen LogP contribution in [0.1, 0.15) is 20.3 Å². The zero-order chi connectivity index (χ0) is 8.72. The van der Waals surface area contributed by atoms with Crippen molar-refractivity contribution in [3.63, 3.8) is 0 Å². The van der Waals surface area contributed by atoms with E-state index in [2.05, 4.69) is 26.5 Å². The summed E-state index contributed by atoms with van der Waals surface area (Å²) in [6.45, 7) is 8.10. The van der Waals surface area contributed by atoms with Gasteiger partial charge in [0.25, 0.3) is 0 Å². The molecule has 0 radical (unpaired) electrons. The van der Waals surface area contributed by atoms with E-state index < -0.39 is 0 Å². The zero-order valence-corrected chi connectivity index (χ0v) is 7.54. The second-order valence-electron chi connectivity index (χ2n) is 3.74. The van der Waals surface area contributed by atoms with E-state index in [0.29, 0.717) is 5.92 Å². The predicted molar refractivity (Wildman–Crippen MR) is 46.4 cm³/mol. The van der Waals surface area contributed by atoms with Crippen LogP contribution >= 0.6 is 0 Å². The van der Waals surface area contributed by atoms with Crippen LogP contribution in [0.5, 0.6) is 0 Å². The Morgan fingerprint density at radius 1 is 1.58 bits per heavy atom. The number of hydrogen-bond donors (Lipinski definition) is 0. The van der Waals surface area contributed by atoms with Crippen molar-refractivity contribution >= 4 is 0 Å². The van der Waals surface area contributed by atoms with Crippen molar-refractivity contribution in [2.75, 3.05) is 0 Å². The molecule has 2 bridgehead atoms. The van der Waals surface area contributed by atoms with Crippen molar-refractivity contribution < 1.29 is 9.78 Å². The second-order valence-corrected chi connectivity index (χ2v) is 3.74. The van der Waals surface area contributed by atoms with Crippen molar-refractivity contribution in [3.8, 4) is 0 Å². The second kappa shape index (κ2) is 2.71. The molecule has 0 unspecified atom stereocenters. The number of fused-ring (bicyclic) bond motifs is 2. The monoisotopic (exact) mass is 166 g/mol. The fourth-order valence-corrected chi connectivity index (χ4v) is 1.86. The molecule has 0 amide bonds. The first-order valence-corrected chi connectivity index (χ1v) is 4.34. The maximum atomic E-state index is 5.18. The first-order chi connectivity index (χ1) is 5.68. The average molecular weight is 166 g/mol. The summed E-state index contributed by atoms with van der Waals surface area (Å²) < 4.78 is 0. The SMILES string of the molecule is C=C(C)[C@H]1C[C@H]2OO[C@@H]1C=C2C. The van der Waals surface area contributed by atoms with Gasteiger partial charge in [-0.25, -0.2) is 9.78 Å². The lowest BCUT2D eigenvalue weighted by atomic mass is 9.81. The first-order valence-electron chi connectivity index (χ1n) is 4.34. The molecule has 0 aromatic heterocycles. The van der Waals surface area contributed by atoms with Gasteiger partial charge in [-0.15, -0.1) is 0 Å². The Labute approximate surface area is 72.8 Å². The van der Waals surface area contributed by atoms with Crippen LogP contribution in [0, 0.1) is 5.92 Å².